The molecule has 1 N–H and O–H groups in total. The molecule has 0 saturated heterocycles. The SMILES string of the molecule is O=S(=O)(Nc1ccc(-c2cn(C3CCCC3)c3nc(Cl)nc(-c4ccccc4)c23)cc1)c1ccccc1. The van der Waals surface area contributed by atoms with E-state index >= 15 is 0 Å². The predicted octanol–water partition coefficient (Wildman–Crippen LogP) is 7.33. The summed E-state index contributed by atoms with van der Waals surface area (Å²) in [6, 6.07) is 26.1. The summed E-state index contributed by atoms with van der Waals surface area (Å²) in [6.07, 6.45) is 6.75. The minimum Gasteiger partial charge on any atom is -0.329 e. The second-order valence-corrected chi connectivity index (χ2v) is 11.3. The van der Waals surface area contributed by atoms with Crippen molar-refractivity contribution in [1.29, 1.82) is 0 Å². The number of halogens is 1. The largest absolute Gasteiger partial charge is 0.329 e. The van der Waals surface area contributed by atoms with Crippen LogP contribution in [0.4, 0.5) is 5.69 Å². The molecule has 0 radical (unpaired) electrons. The quantitative estimate of drug-likeness (QED) is 0.234. The number of nitrogens with one attached hydrogen (secondary N) is 1. The van der Waals surface area contributed by atoms with Crippen LogP contribution >= 0.6 is 11.6 Å². The fraction of sp³-hybridized carbons (Fsp3) is 0.172. The first-order chi connectivity index (χ1) is 18.0. The molecule has 1 aliphatic rings. The summed E-state index contributed by atoms with van der Waals surface area (Å²) < 4.78 is 30.5. The molecule has 1 saturated carbocycles. The van der Waals surface area contributed by atoms with Gasteiger partial charge in [-0.3, -0.25) is 4.72 Å². The standard InChI is InChI=1S/C29H25ClN4O2S/c30-29-31-27(21-9-3-1-4-10-21)26-25(19-34(28(26)32-29)23-11-7-8-12-23)20-15-17-22(18-16-20)33-37(35,36)24-13-5-2-6-14-24/h1-6,9-10,13-19,23,33H,7-8,11-12H2. The van der Waals surface area contributed by atoms with Crippen LogP contribution in [-0.2, 0) is 10.0 Å². The van der Waals surface area contributed by atoms with Crippen LogP contribution in [0, 0.1) is 0 Å². The normalized spacial score (nSPS) is 14.3. The van der Waals surface area contributed by atoms with Crippen LogP contribution in [-0.4, -0.2) is 23.0 Å². The molecular formula is C29H25ClN4O2S. The molecule has 3 aromatic carbocycles. The van der Waals surface area contributed by atoms with Gasteiger partial charge in [-0.05, 0) is 54.3 Å². The number of hydrogen-bond acceptors (Lipinski definition) is 4. The highest BCUT2D eigenvalue weighted by Gasteiger charge is 2.25. The van der Waals surface area contributed by atoms with Crippen molar-refractivity contribution in [2.75, 3.05) is 4.72 Å². The molecule has 6 rings (SSSR count). The van der Waals surface area contributed by atoms with Crippen molar-refractivity contribution in [2.45, 2.75) is 36.6 Å². The smallest absolute Gasteiger partial charge is 0.261 e. The van der Waals surface area contributed by atoms with Crippen molar-refractivity contribution in [3.63, 3.8) is 0 Å². The molecule has 2 aromatic heterocycles. The maximum absolute atomic E-state index is 12.8. The van der Waals surface area contributed by atoms with Gasteiger partial charge >= 0.3 is 0 Å². The van der Waals surface area contributed by atoms with Gasteiger partial charge in [0.1, 0.15) is 5.65 Å². The summed E-state index contributed by atoms with van der Waals surface area (Å²) in [7, 11) is -3.67. The van der Waals surface area contributed by atoms with Crippen molar-refractivity contribution in [1.82, 2.24) is 14.5 Å². The van der Waals surface area contributed by atoms with E-state index in [1.807, 2.05) is 42.5 Å². The van der Waals surface area contributed by atoms with E-state index in [4.69, 9.17) is 11.6 Å². The first kappa shape index (κ1) is 23.7. The van der Waals surface area contributed by atoms with Crippen LogP contribution in [0.25, 0.3) is 33.4 Å². The van der Waals surface area contributed by atoms with Crippen LogP contribution in [0.2, 0.25) is 5.28 Å². The van der Waals surface area contributed by atoms with Gasteiger partial charge in [-0.15, -0.1) is 0 Å². The Morgan fingerprint density at radius 1 is 0.811 bits per heavy atom. The lowest BCUT2D eigenvalue weighted by Gasteiger charge is -2.13. The van der Waals surface area contributed by atoms with Gasteiger partial charge in [-0.1, -0.05) is 73.5 Å². The van der Waals surface area contributed by atoms with Gasteiger partial charge in [-0.2, -0.15) is 4.98 Å². The number of hydrogen-bond donors (Lipinski definition) is 1. The number of anilines is 1. The molecule has 0 atom stereocenters. The number of nitrogens with zero attached hydrogens (tertiary/aromatic N) is 3. The average molecular weight is 529 g/mol. The van der Waals surface area contributed by atoms with E-state index in [1.165, 1.54) is 12.8 Å². The molecule has 0 amide bonds. The Kier molecular flexibility index (Phi) is 6.18. The number of sulfonamides is 1. The molecule has 8 heteroatoms. The Hall–Kier alpha value is -3.68. The highest BCUT2D eigenvalue weighted by molar-refractivity contribution is 7.92. The third-order valence-corrected chi connectivity index (χ3v) is 8.48. The molecule has 5 aromatic rings. The summed E-state index contributed by atoms with van der Waals surface area (Å²) in [5.74, 6) is 0. The number of rotatable bonds is 6. The second-order valence-electron chi connectivity index (χ2n) is 9.29. The molecule has 0 aliphatic heterocycles. The third kappa shape index (κ3) is 4.61. The monoisotopic (exact) mass is 528 g/mol. The minimum atomic E-state index is -3.67. The van der Waals surface area contributed by atoms with Gasteiger partial charge in [0.15, 0.2) is 0 Å². The number of benzene rings is 3. The Morgan fingerprint density at radius 3 is 2.14 bits per heavy atom. The van der Waals surface area contributed by atoms with E-state index in [0.29, 0.717) is 11.7 Å². The topological polar surface area (TPSA) is 76.9 Å². The second kappa shape index (κ2) is 9.65. The van der Waals surface area contributed by atoms with Gasteiger partial charge in [0.25, 0.3) is 10.0 Å². The maximum Gasteiger partial charge on any atom is 0.261 e. The van der Waals surface area contributed by atoms with Gasteiger partial charge in [0, 0.05) is 29.1 Å². The molecule has 1 aliphatic carbocycles. The summed E-state index contributed by atoms with van der Waals surface area (Å²) in [6.45, 7) is 0. The summed E-state index contributed by atoms with van der Waals surface area (Å²) >= 11 is 6.44. The fourth-order valence-corrected chi connectivity index (χ4v) is 6.38. The summed E-state index contributed by atoms with van der Waals surface area (Å²) in [5, 5.41) is 1.17. The maximum atomic E-state index is 12.8. The summed E-state index contributed by atoms with van der Waals surface area (Å²) in [5.41, 5.74) is 5.03. The zero-order valence-corrected chi connectivity index (χ0v) is 21.6. The van der Waals surface area contributed by atoms with Gasteiger partial charge < -0.3 is 4.57 Å². The molecule has 1 fully saturated rings. The van der Waals surface area contributed by atoms with Crippen LogP contribution in [0.1, 0.15) is 31.7 Å². The Balaban J connectivity index is 1.46. The van der Waals surface area contributed by atoms with E-state index < -0.39 is 10.0 Å². The molecule has 2 heterocycles. The molecule has 186 valence electrons. The Labute approximate surface area is 221 Å². The lowest BCUT2D eigenvalue weighted by molar-refractivity contribution is 0.532. The highest BCUT2D eigenvalue weighted by Crippen LogP contribution is 2.41. The summed E-state index contributed by atoms with van der Waals surface area (Å²) in [4.78, 5) is 9.55. The Morgan fingerprint density at radius 2 is 1.46 bits per heavy atom. The van der Waals surface area contributed by atoms with E-state index in [2.05, 4.69) is 25.5 Å². The fourth-order valence-electron chi connectivity index (χ4n) is 5.14. The van der Waals surface area contributed by atoms with E-state index in [0.717, 1.165) is 46.3 Å². The lowest BCUT2D eigenvalue weighted by Crippen LogP contribution is -2.12. The molecule has 6 nitrogen and oxygen atoms in total. The van der Waals surface area contributed by atoms with Crippen LogP contribution in [0.3, 0.4) is 0 Å². The van der Waals surface area contributed by atoms with Crippen molar-refractivity contribution in [3.8, 4) is 22.4 Å². The molecule has 0 bridgehead atoms. The van der Waals surface area contributed by atoms with Crippen molar-refractivity contribution < 1.29 is 8.42 Å². The first-order valence-electron chi connectivity index (χ1n) is 12.3. The number of fused-ring (bicyclic) bond motifs is 1. The highest BCUT2D eigenvalue weighted by atomic mass is 35.5. The first-order valence-corrected chi connectivity index (χ1v) is 14.2. The van der Waals surface area contributed by atoms with Crippen molar-refractivity contribution in [2.24, 2.45) is 0 Å². The molecule has 0 spiro atoms. The van der Waals surface area contributed by atoms with Gasteiger partial charge in [0.2, 0.25) is 5.28 Å². The van der Waals surface area contributed by atoms with Crippen LogP contribution in [0.15, 0.2) is 96.0 Å². The minimum absolute atomic E-state index is 0.222. The zero-order valence-electron chi connectivity index (χ0n) is 20.0. The average Bonchev–Trinajstić information content (AvgIpc) is 3.58. The zero-order chi connectivity index (χ0) is 25.4. The van der Waals surface area contributed by atoms with Crippen LogP contribution in [0.5, 0.6) is 0 Å². The Bertz CT molecular complexity index is 1660. The number of aromatic nitrogens is 3. The predicted molar refractivity (Wildman–Crippen MR) is 148 cm³/mol. The molecule has 37 heavy (non-hydrogen) atoms. The van der Waals surface area contributed by atoms with Gasteiger partial charge in [0.05, 0.1) is 16.0 Å². The molecule has 0 unspecified atom stereocenters. The van der Waals surface area contributed by atoms with E-state index in [1.54, 1.807) is 42.5 Å². The van der Waals surface area contributed by atoms with E-state index in [-0.39, 0.29) is 10.2 Å². The van der Waals surface area contributed by atoms with Crippen LogP contribution < -0.4 is 4.72 Å². The third-order valence-electron chi connectivity index (χ3n) is 6.91. The lowest BCUT2D eigenvalue weighted by atomic mass is 10.0. The van der Waals surface area contributed by atoms with E-state index in [9.17, 15) is 8.42 Å². The van der Waals surface area contributed by atoms with Crippen molar-refractivity contribution in [3.05, 3.63) is 96.4 Å². The van der Waals surface area contributed by atoms with Crippen molar-refractivity contribution >= 4 is 38.3 Å². The molecular weight excluding hydrogens is 504 g/mol. The van der Waals surface area contributed by atoms with Gasteiger partial charge in [-0.25, -0.2) is 13.4 Å².